The molecule has 1 saturated heterocycles. The predicted octanol–water partition coefficient (Wildman–Crippen LogP) is 3.48. The molecule has 6 nitrogen and oxygen atoms in total. The zero-order valence-electron chi connectivity index (χ0n) is 14.9. The summed E-state index contributed by atoms with van der Waals surface area (Å²) < 4.78 is 14.0. The topological polar surface area (TPSA) is 56.3 Å². The van der Waals surface area contributed by atoms with E-state index >= 15 is 0 Å². The highest BCUT2D eigenvalue weighted by atomic mass is 16.5. The summed E-state index contributed by atoms with van der Waals surface area (Å²) in [4.78, 5) is 2.35. The van der Waals surface area contributed by atoms with Crippen LogP contribution in [0.15, 0.2) is 41.3 Å². The summed E-state index contributed by atoms with van der Waals surface area (Å²) in [6.07, 6.45) is 8.66. The minimum Gasteiger partial charge on any atom is -0.490 e. The summed E-state index contributed by atoms with van der Waals surface area (Å²) in [7, 11) is 0. The number of benzene rings is 1. The van der Waals surface area contributed by atoms with Gasteiger partial charge in [-0.25, -0.2) is 0 Å². The Labute approximate surface area is 152 Å². The second-order valence-corrected chi connectivity index (χ2v) is 7.53. The van der Waals surface area contributed by atoms with E-state index in [1.807, 2.05) is 0 Å². The Kier molecular flexibility index (Phi) is 4.13. The van der Waals surface area contributed by atoms with Crippen LogP contribution in [0.25, 0.3) is 10.9 Å². The van der Waals surface area contributed by atoms with Crippen LogP contribution in [0.4, 0.5) is 0 Å². The molecule has 0 atom stereocenters. The van der Waals surface area contributed by atoms with Gasteiger partial charge in [-0.15, -0.1) is 10.2 Å². The van der Waals surface area contributed by atoms with Crippen molar-refractivity contribution in [3.63, 3.8) is 0 Å². The zero-order chi connectivity index (χ0) is 17.3. The van der Waals surface area contributed by atoms with Gasteiger partial charge in [0, 0.05) is 31.2 Å². The van der Waals surface area contributed by atoms with Crippen molar-refractivity contribution in [2.45, 2.75) is 44.9 Å². The third-order valence-electron chi connectivity index (χ3n) is 5.52. The van der Waals surface area contributed by atoms with E-state index in [4.69, 9.17) is 9.15 Å². The van der Waals surface area contributed by atoms with E-state index in [0.717, 1.165) is 50.7 Å². The summed E-state index contributed by atoms with van der Waals surface area (Å²) in [5.74, 6) is 2.58. The van der Waals surface area contributed by atoms with Crippen molar-refractivity contribution < 1.29 is 9.15 Å². The fraction of sp³-hybridized carbons (Fsp3) is 0.500. The van der Waals surface area contributed by atoms with Crippen LogP contribution in [-0.2, 0) is 13.1 Å². The van der Waals surface area contributed by atoms with E-state index < -0.39 is 0 Å². The van der Waals surface area contributed by atoms with Crippen LogP contribution in [0.5, 0.6) is 5.75 Å². The lowest BCUT2D eigenvalue weighted by molar-refractivity contribution is 0.0929. The van der Waals surface area contributed by atoms with Gasteiger partial charge < -0.3 is 13.7 Å². The second-order valence-electron chi connectivity index (χ2n) is 7.53. The Bertz CT molecular complexity index is 861. The molecule has 3 aromatic rings. The highest BCUT2D eigenvalue weighted by Gasteiger charge is 2.24. The van der Waals surface area contributed by atoms with Crippen LogP contribution in [0, 0.1) is 5.92 Å². The smallest absolute Gasteiger partial charge is 0.230 e. The van der Waals surface area contributed by atoms with Gasteiger partial charge in [0.15, 0.2) is 0 Å². The molecular formula is C20H24N4O2. The highest BCUT2D eigenvalue weighted by Crippen LogP contribution is 2.34. The van der Waals surface area contributed by atoms with Crippen LogP contribution in [0.2, 0.25) is 0 Å². The van der Waals surface area contributed by atoms with Gasteiger partial charge in [-0.1, -0.05) is 6.07 Å². The maximum Gasteiger partial charge on any atom is 0.230 e. The van der Waals surface area contributed by atoms with Crippen molar-refractivity contribution in [2.75, 3.05) is 13.1 Å². The third kappa shape index (κ3) is 3.33. The lowest BCUT2D eigenvalue weighted by atomic mass is 10.1. The van der Waals surface area contributed by atoms with Gasteiger partial charge in [-0.3, -0.25) is 4.90 Å². The monoisotopic (exact) mass is 352 g/mol. The minimum atomic E-state index is 0.270. The summed E-state index contributed by atoms with van der Waals surface area (Å²) in [5.41, 5.74) is 1.29. The van der Waals surface area contributed by atoms with Crippen LogP contribution in [0.1, 0.15) is 31.6 Å². The number of hydrogen-bond acceptors (Lipinski definition) is 5. The maximum absolute atomic E-state index is 6.39. The van der Waals surface area contributed by atoms with Crippen molar-refractivity contribution in [3.05, 3.63) is 42.7 Å². The minimum absolute atomic E-state index is 0.270. The first-order valence-electron chi connectivity index (χ1n) is 9.57. The molecule has 0 bridgehead atoms. The molecule has 5 rings (SSSR count). The van der Waals surface area contributed by atoms with Gasteiger partial charge in [0.2, 0.25) is 12.3 Å². The van der Waals surface area contributed by atoms with Gasteiger partial charge in [-0.05, 0) is 49.8 Å². The molecular weight excluding hydrogens is 328 g/mol. The molecule has 6 heteroatoms. The highest BCUT2D eigenvalue weighted by molar-refractivity contribution is 5.86. The predicted molar refractivity (Wildman–Crippen MR) is 97.9 cm³/mol. The van der Waals surface area contributed by atoms with Crippen molar-refractivity contribution in [1.29, 1.82) is 0 Å². The van der Waals surface area contributed by atoms with Crippen LogP contribution >= 0.6 is 0 Å². The average Bonchev–Trinajstić information content (AvgIpc) is 3.15. The molecule has 26 heavy (non-hydrogen) atoms. The maximum atomic E-state index is 6.39. The molecule has 0 N–H and O–H groups in total. The number of nitrogens with zero attached hydrogens (tertiary/aromatic N) is 4. The lowest BCUT2D eigenvalue weighted by Gasteiger charge is -2.31. The molecule has 1 aliphatic carbocycles. The molecule has 2 aliphatic rings. The molecule has 0 unspecified atom stereocenters. The third-order valence-corrected chi connectivity index (χ3v) is 5.52. The quantitative estimate of drug-likeness (QED) is 0.680. The Morgan fingerprint density at radius 1 is 1.12 bits per heavy atom. The Morgan fingerprint density at radius 3 is 2.77 bits per heavy atom. The van der Waals surface area contributed by atoms with Crippen LogP contribution < -0.4 is 4.74 Å². The van der Waals surface area contributed by atoms with E-state index in [2.05, 4.69) is 50.1 Å². The van der Waals surface area contributed by atoms with E-state index in [9.17, 15) is 0 Å². The fourth-order valence-corrected chi connectivity index (χ4v) is 3.86. The number of ether oxygens (including phenoxy) is 1. The molecule has 2 fully saturated rings. The number of hydrogen-bond donors (Lipinski definition) is 0. The molecule has 0 amide bonds. The summed E-state index contributed by atoms with van der Waals surface area (Å²) in [6.45, 7) is 3.85. The SMILES string of the molecule is c1cc(OC2CCN(Cc3nnco3)CC2)c2ccn(CC3CC3)c2c1. The fourth-order valence-electron chi connectivity index (χ4n) is 3.86. The summed E-state index contributed by atoms with van der Waals surface area (Å²) >= 11 is 0. The zero-order valence-corrected chi connectivity index (χ0v) is 14.9. The molecule has 1 aromatic carbocycles. The molecule has 0 spiro atoms. The van der Waals surface area contributed by atoms with Crippen molar-refractivity contribution >= 4 is 10.9 Å². The van der Waals surface area contributed by atoms with Crippen molar-refractivity contribution in [3.8, 4) is 5.75 Å². The number of fused-ring (bicyclic) bond motifs is 1. The molecule has 1 saturated carbocycles. The van der Waals surface area contributed by atoms with Gasteiger partial charge in [0.25, 0.3) is 0 Å². The first-order valence-corrected chi connectivity index (χ1v) is 9.57. The molecule has 0 radical (unpaired) electrons. The van der Waals surface area contributed by atoms with Crippen LogP contribution in [-0.4, -0.2) is 38.9 Å². The lowest BCUT2D eigenvalue weighted by Crippen LogP contribution is -2.37. The number of likely N-dealkylation sites (tertiary alicyclic amines) is 1. The summed E-state index contributed by atoms with van der Waals surface area (Å²) in [6, 6.07) is 8.63. The Hall–Kier alpha value is -2.34. The van der Waals surface area contributed by atoms with Crippen LogP contribution in [0.3, 0.4) is 0 Å². The Morgan fingerprint density at radius 2 is 2.00 bits per heavy atom. The Balaban J connectivity index is 1.23. The van der Waals surface area contributed by atoms with Gasteiger partial charge in [-0.2, -0.15) is 0 Å². The average molecular weight is 352 g/mol. The van der Waals surface area contributed by atoms with Gasteiger partial charge >= 0.3 is 0 Å². The van der Waals surface area contributed by atoms with Gasteiger partial charge in [0.05, 0.1) is 12.1 Å². The molecule has 2 aromatic heterocycles. The van der Waals surface area contributed by atoms with Crippen molar-refractivity contribution in [2.24, 2.45) is 5.92 Å². The van der Waals surface area contributed by atoms with Crippen molar-refractivity contribution in [1.82, 2.24) is 19.7 Å². The van der Waals surface area contributed by atoms with Gasteiger partial charge in [0.1, 0.15) is 11.9 Å². The summed E-state index contributed by atoms with van der Waals surface area (Å²) in [5, 5.41) is 8.94. The number of rotatable bonds is 6. The first kappa shape index (κ1) is 15.9. The first-order chi connectivity index (χ1) is 12.8. The van der Waals surface area contributed by atoms with E-state index in [1.54, 1.807) is 0 Å². The number of aromatic nitrogens is 3. The van der Waals surface area contributed by atoms with E-state index in [1.165, 1.54) is 30.1 Å². The number of piperidine rings is 1. The largest absolute Gasteiger partial charge is 0.490 e. The van der Waals surface area contributed by atoms with E-state index in [-0.39, 0.29) is 6.10 Å². The molecule has 3 heterocycles. The molecule has 1 aliphatic heterocycles. The normalized spacial score (nSPS) is 19.2. The standard InChI is InChI=1S/C20H24N4O2/c1-2-18-17(8-11-24(18)12-15-4-5-15)19(3-1)26-16-6-9-23(10-7-16)13-20-22-21-14-25-20/h1-3,8,11,14-16H,4-7,9-10,12-13H2. The second kappa shape index (κ2) is 6.76. The van der Waals surface area contributed by atoms with E-state index in [0.29, 0.717) is 5.89 Å². The molecule has 136 valence electrons.